The van der Waals surface area contributed by atoms with E-state index in [1.807, 2.05) is 19.0 Å². The summed E-state index contributed by atoms with van der Waals surface area (Å²) in [6.07, 6.45) is 1.85. The minimum atomic E-state index is -0.447. The molecule has 2 aromatic carbocycles. The third kappa shape index (κ3) is 2.80. The molecule has 0 saturated heterocycles. The molecular weight excluding hydrogens is 310 g/mol. The molecule has 1 atom stereocenters. The van der Waals surface area contributed by atoms with Crippen LogP contribution in [0.1, 0.15) is 41.0 Å². The highest BCUT2D eigenvalue weighted by atomic mass is 16.5. The number of fused-ring (bicyclic) bond motifs is 1. The molecule has 0 aromatic heterocycles. The summed E-state index contributed by atoms with van der Waals surface area (Å²) in [5.74, 6) is 0.522. The van der Waals surface area contributed by atoms with E-state index in [2.05, 4.69) is 48.5 Å². The lowest BCUT2D eigenvalue weighted by Crippen LogP contribution is -2.44. The fraction of sp³-hybridized carbons (Fsp3) is 0.455. The zero-order chi connectivity index (χ0) is 17.4. The Morgan fingerprint density at radius 3 is 2.28 bits per heavy atom. The second-order valence-corrected chi connectivity index (χ2v) is 7.78. The van der Waals surface area contributed by atoms with Crippen LogP contribution in [-0.2, 0) is 10.2 Å². The molecule has 3 nitrogen and oxygen atoms in total. The van der Waals surface area contributed by atoms with Crippen LogP contribution in [0.3, 0.4) is 0 Å². The molecule has 132 valence electrons. The van der Waals surface area contributed by atoms with Gasteiger partial charge in [0.05, 0.1) is 19.3 Å². The van der Waals surface area contributed by atoms with Gasteiger partial charge in [-0.2, -0.15) is 0 Å². The molecule has 3 aliphatic rings. The average Bonchev–Trinajstić information content (AvgIpc) is 2.62. The molecule has 3 aliphatic carbocycles. The van der Waals surface area contributed by atoms with E-state index in [1.165, 1.54) is 28.7 Å². The maximum atomic E-state index is 10.1. The summed E-state index contributed by atoms with van der Waals surface area (Å²) in [6, 6.07) is 17.7. The van der Waals surface area contributed by atoms with Gasteiger partial charge < -0.3 is 14.7 Å². The summed E-state index contributed by atoms with van der Waals surface area (Å²) >= 11 is 0. The molecule has 2 aromatic rings. The minimum absolute atomic E-state index is 0.0697. The van der Waals surface area contributed by atoms with Gasteiger partial charge in [-0.05, 0) is 49.2 Å². The first kappa shape index (κ1) is 16.8. The number of nitrogens with zero attached hydrogens (tertiary/aromatic N) is 1. The summed E-state index contributed by atoms with van der Waals surface area (Å²) in [7, 11) is 3.94. The molecule has 25 heavy (non-hydrogen) atoms. The standard InChI is InChI=1S/C22H27NO2/c1-23(2)13-16(24)14-25-15-22-12-11-17(18-7-3-5-9-20(18)22)19-8-4-6-10-21(19)22/h3-10,16-17,24H,11-15H2,1-2H3. The van der Waals surface area contributed by atoms with Gasteiger partial charge in [-0.25, -0.2) is 0 Å². The van der Waals surface area contributed by atoms with Crippen molar-refractivity contribution in [2.75, 3.05) is 33.9 Å². The molecule has 3 heteroatoms. The van der Waals surface area contributed by atoms with Gasteiger partial charge in [0.15, 0.2) is 0 Å². The Bertz CT molecular complexity index is 708. The van der Waals surface area contributed by atoms with Crippen LogP contribution in [0.5, 0.6) is 0 Å². The average molecular weight is 337 g/mol. The zero-order valence-electron chi connectivity index (χ0n) is 15.1. The molecule has 1 N–H and O–H groups in total. The summed E-state index contributed by atoms with van der Waals surface area (Å²) in [5.41, 5.74) is 5.70. The number of aliphatic hydroxyl groups excluding tert-OH is 1. The lowest BCUT2D eigenvalue weighted by Gasteiger charge is -2.49. The van der Waals surface area contributed by atoms with Crippen molar-refractivity contribution in [2.45, 2.75) is 30.3 Å². The first-order valence-corrected chi connectivity index (χ1v) is 9.21. The molecule has 5 rings (SSSR count). The molecular formula is C22H27NO2. The number of hydrogen-bond acceptors (Lipinski definition) is 3. The molecule has 0 fully saturated rings. The van der Waals surface area contributed by atoms with Crippen LogP contribution < -0.4 is 0 Å². The van der Waals surface area contributed by atoms with Gasteiger partial charge in [0.1, 0.15) is 0 Å². The van der Waals surface area contributed by atoms with E-state index in [1.54, 1.807) is 0 Å². The van der Waals surface area contributed by atoms with Crippen molar-refractivity contribution < 1.29 is 9.84 Å². The normalized spacial score (nSPS) is 24.9. The van der Waals surface area contributed by atoms with Crippen LogP contribution in [0.4, 0.5) is 0 Å². The van der Waals surface area contributed by atoms with Crippen LogP contribution >= 0.6 is 0 Å². The van der Waals surface area contributed by atoms with Crippen LogP contribution in [0.2, 0.25) is 0 Å². The first-order valence-electron chi connectivity index (χ1n) is 9.21. The van der Waals surface area contributed by atoms with E-state index in [4.69, 9.17) is 4.74 Å². The van der Waals surface area contributed by atoms with Gasteiger partial charge in [0, 0.05) is 17.9 Å². The smallest absolute Gasteiger partial charge is 0.0899 e. The molecule has 0 heterocycles. The Labute approximate surface area is 150 Å². The van der Waals surface area contributed by atoms with Crippen LogP contribution in [-0.4, -0.2) is 50.0 Å². The number of benzene rings is 2. The van der Waals surface area contributed by atoms with E-state index < -0.39 is 6.10 Å². The second-order valence-electron chi connectivity index (χ2n) is 7.78. The molecule has 0 aliphatic heterocycles. The summed E-state index contributed by atoms with van der Waals surface area (Å²) in [4.78, 5) is 1.99. The van der Waals surface area contributed by atoms with Crippen molar-refractivity contribution in [2.24, 2.45) is 0 Å². The summed E-state index contributed by atoms with van der Waals surface area (Å²) in [5, 5.41) is 10.1. The van der Waals surface area contributed by atoms with E-state index in [9.17, 15) is 5.11 Å². The van der Waals surface area contributed by atoms with E-state index in [0.717, 1.165) is 6.42 Å². The maximum absolute atomic E-state index is 10.1. The quantitative estimate of drug-likeness (QED) is 0.879. The van der Waals surface area contributed by atoms with Crippen molar-refractivity contribution in [3.05, 3.63) is 70.8 Å². The molecule has 0 saturated carbocycles. The highest BCUT2D eigenvalue weighted by Gasteiger charge is 2.48. The number of hydrogen-bond donors (Lipinski definition) is 1. The third-order valence-electron chi connectivity index (χ3n) is 5.80. The van der Waals surface area contributed by atoms with E-state index in [0.29, 0.717) is 25.7 Å². The molecule has 2 bridgehead atoms. The lowest BCUT2D eigenvalue weighted by molar-refractivity contribution is 0.00521. The Morgan fingerprint density at radius 1 is 1.08 bits per heavy atom. The number of ether oxygens (including phenoxy) is 1. The summed E-state index contributed by atoms with van der Waals surface area (Å²) in [6.45, 7) is 1.65. The van der Waals surface area contributed by atoms with Gasteiger partial charge in [-0.1, -0.05) is 48.5 Å². The van der Waals surface area contributed by atoms with E-state index in [-0.39, 0.29) is 5.41 Å². The SMILES string of the molecule is CN(C)CC(O)COCC12CCC(c3ccccc31)c1ccccc12. The Hall–Kier alpha value is -1.68. The second kappa shape index (κ2) is 6.56. The fourth-order valence-electron chi connectivity index (χ4n) is 4.83. The van der Waals surface area contributed by atoms with Gasteiger partial charge in [0.25, 0.3) is 0 Å². The topological polar surface area (TPSA) is 32.7 Å². The van der Waals surface area contributed by atoms with Gasteiger partial charge in [0.2, 0.25) is 0 Å². The molecule has 0 spiro atoms. The van der Waals surface area contributed by atoms with Crippen molar-refractivity contribution in [1.29, 1.82) is 0 Å². The molecule has 1 unspecified atom stereocenters. The van der Waals surface area contributed by atoms with Gasteiger partial charge >= 0.3 is 0 Å². The highest BCUT2D eigenvalue weighted by molar-refractivity contribution is 5.59. The van der Waals surface area contributed by atoms with Gasteiger partial charge in [-0.15, -0.1) is 0 Å². The monoisotopic (exact) mass is 337 g/mol. The Balaban J connectivity index is 1.64. The van der Waals surface area contributed by atoms with Crippen molar-refractivity contribution in [3.8, 4) is 0 Å². The van der Waals surface area contributed by atoms with Crippen LogP contribution in [0.25, 0.3) is 0 Å². The number of likely N-dealkylation sites (N-methyl/N-ethyl adjacent to an activating group) is 1. The van der Waals surface area contributed by atoms with Crippen molar-refractivity contribution >= 4 is 0 Å². The van der Waals surface area contributed by atoms with Crippen molar-refractivity contribution in [1.82, 2.24) is 4.90 Å². The van der Waals surface area contributed by atoms with Crippen molar-refractivity contribution in [3.63, 3.8) is 0 Å². The maximum Gasteiger partial charge on any atom is 0.0899 e. The first-order chi connectivity index (χ1) is 12.1. The zero-order valence-corrected chi connectivity index (χ0v) is 15.1. The van der Waals surface area contributed by atoms with Crippen LogP contribution in [0.15, 0.2) is 48.5 Å². The Morgan fingerprint density at radius 2 is 1.68 bits per heavy atom. The number of aliphatic hydroxyl groups is 1. The minimum Gasteiger partial charge on any atom is -0.389 e. The summed E-state index contributed by atoms with van der Waals surface area (Å²) < 4.78 is 6.09. The predicted molar refractivity (Wildman–Crippen MR) is 100 cm³/mol. The van der Waals surface area contributed by atoms with Gasteiger partial charge in [-0.3, -0.25) is 0 Å². The lowest BCUT2D eigenvalue weighted by atomic mass is 9.55. The predicted octanol–water partition coefficient (Wildman–Crippen LogP) is 3.15. The number of rotatable bonds is 6. The largest absolute Gasteiger partial charge is 0.389 e. The Kier molecular flexibility index (Phi) is 4.40. The molecule has 0 radical (unpaired) electrons. The van der Waals surface area contributed by atoms with Crippen LogP contribution in [0, 0.1) is 0 Å². The third-order valence-corrected chi connectivity index (χ3v) is 5.80. The molecule has 0 amide bonds. The highest BCUT2D eigenvalue weighted by Crippen LogP contribution is 2.56. The van der Waals surface area contributed by atoms with E-state index >= 15 is 0 Å². The fourth-order valence-corrected chi connectivity index (χ4v) is 4.83.